The molecule has 0 radical (unpaired) electrons. The first-order valence-corrected chi connectivity index (χ1v) is 6.10. The van der Waals surface area contributed by atoms with Crippen molar-refractivity contribution in [2.45, 2.75) is 6.18 Å². The van der Waals surface area contributed by atoms with Crippen molar-refractivity contribution >= 4 is 17.8 Å². The van der Waals surface area contributed by atoms with Gasteiger partial charge in [0.2, 0.25) is 5.91 Å². The van der Waals surface area contributed by atoms with Crippen LogP contribution in [-0.4, -0.2) is 15.7 Å². The third-order valence-corrected chi connectivity index (χ3v) is 2.66. The lowest BCUT2D eigenvalue weighted by Gasteiger charge is -2.10. The van der Waals surface area contributed by atoms with Gasteiger partial charge in [0.05, 0.1) is 29.6 Å². The Balaban J connectivity index is 2.15. The van der Waals surface area contributed by atoms with Crippen molar-refractivity contribution < 1.29 is 22.4 Å². The zero-order chi connectivity index (χ0) is 17.0. The summed E-state index contributed by atoms with van der Waals surface area (Å²) in [5.41, 5.74) is -1.81. The first-order chi connectivity index (χ1) is 10.8. The van der Waals surface area contributed by atoms with Gasteiger partial charge in [-0.3, -0.25) is 4.79 Å². The molecule has 1 aromatic heterocycles. The molecule has 0 fully saturated rings. The van der Waals surface area contributed by atoms with Crippen LogP contribution in [0.4, 0.5) is 23.2 Å². The molecule has 1 aromatic carbocycles. The summed E-state index contributed by atoms with van der Waals surface area (Å²) in [4.78, 5) is 11.6. The van der Waals surface area contributed by atoms with E-state index < -0.39 is 29.0 Å². The molecule has 2 rings (SSSR count). The Morgan fingerprint density at radius 1 is 1.39 bits per heavy atom. The van der Waals surface area contributed by atoms with Crippen LogP contribution in [0.2, 0.25) is 0 Å². The summed E-state index contributed by atoms with van der Waals surface area (Å²) in [5, 5.41) is 14.4. The number of hydrogen-bond acceptors (Lipinski definition) is 3. The Morgan fingerprint density at radius 3 is 2.70 bits per heavy atom. The number of alkyl halides is 3. The molecule has 0 atom stereocenters. The highest BCUT2D eigenvalue weighted by molar-refractivity contribution is 6.01. The second kappa shape index (κ2) is 6.31. The summed E-state index contributed by atoms with van der Waals surface area (Å²) in [6, 6.07) is 4.24. The summed E-state index contributed by atoms with van der Waals surface area (Å²) >= 11 is 0. The predicted octanol–water partition coefficient (Wildman–Crippen LogP) is 3.02. The summed E-state index contributed by atoms with van der Waals surface area (Å²) in [7, 11) is 0. The van der Waals surface area contributed by atoms with Crippen LogP contribution < -0.4 is 5.32 Å². The molecule has 0 bridgehead atoms. The molecule has 9 heteroatoms. The third kappa shape index (κ3) is 4.16. The average Bonchev–Trinajstić information content (AvgIpc) is 2.90. The highest BCUT2D eigenvalue weighted by Gasteiger charge is 2.33. The molecule has 0 aliphatic rings. The van der Waals surface area contributed by atoms with Gasteiger partial charge in [0.15, 0.2) is 5.82 Å². The molecule has 0 unspecified atom stereocenters. The van der Waals surface area contributed by atoms with E-state index in [4.69, 9.17) is 5.26 Å². The smallest absolute Gasteiger partial charge is 0.322 e. The van der Waals surface area contributed by atoms with E-state index >= 15 is 0 Å². The van der Waals surface area contributed by atoms with E-state index in [1.165, 1.54) is 12.1 Å². The largest absolute Gasteiger partial charge is 0.417 e. The van der Waals surface area contributed by atoms with E-state index in [1.54, 1.807) is 0 Å². The number of benzene rings is 1. The van der Waals surface area contributed by atoms with Gasteiger partial charge in [0, 0.05) is 18.0 Å². The Morgan fingerprint density at radius 2 is 2.13 bits per heavy atom. The SMILES string of the molecule is N#Cc1ccc(NC(=O)C=Cn2cc(F)cn2)cc1C(F)(F)F. The first-order valence-electron chi connectivity index (χ1n) is 6.10. The lowest BCUT2D eigenvalue weighted by atomic mass is 10.1. The topological polar surface area (TPSA) is 70.7 Å². The van der Waals surface area contributed by atoms with Gasteiger partial charge < -0.3 is 5.32 Å². The maximum Gasteiger partial charge on any atom is 0.417 e. The molecule has 0 saturated heterocycles. The van der Waals surface area contributed by atoms with Crippen LogP contribution in [0.5, 0.6) is 0 Å². The number of amides is 1. The van der Waals surface area contributed by atoms with Gasteiger partial charge in [-0.05, 0) is 18.2 Å². The predicted molar refractivity (Wildman–Crippen MR) is 72.3 cm³/mol. The number of nitrogens with zero attached hydrogens (tertiary/aromatic N) is 3. The number of hydrogen-bond donors (Lipinski definition) is 1. The summed E-state index contributed by atoms with van der Waals surface area (Å²) < 4.78 is 52.1. The van der Waals surface area contributed by atoms with E-state index in [1.807, 2.05) is 0 Å². The molecule has 1 amide bonds. The monoisotopic (exact) mass is 324 g/mol. The van der Waals surface area contributed by atoms with Crippen molar-refractivity contribution in [3.05, 3.63) is 53.6 Å². The molecule has 0 aliphatic heterocycles. The Bertz CT molecular complexity index is 802. The molecule has 5 nitrogen and oxygen atoms in total. The fourth-order valence-corrected chi connectivity index (χ4v) is 1.68. The maximum absolute atomic E-state index is 12.8. The van der Waals surface area contributed by atoms with Crippen LogP contribution in [-0.2, 0) is 11.0 Å². The number of carbonyl (C=O) groups excluding carboxylic acids is 1. The van der Waals surface area contributed by atoms with E-state index in [0.29, 0.717) is 6.07 Å². The Labute approximate surface area is 127 Å². The summed E-state index contributed by atoms with van der Waals surface area (Å²) in [6.45, 7) is 0. The van der Waals surface area contributed by atoms with Gasteiger partial charge in [0.25, 0.3) is 0 Å². The number of rotatable bonds is 3. The van der Waals surface area contributed by atoms with Crippen molar-refractivity contribution in [3.8, 4) is 6.07 Å². The second-order valence-electron chi connectivity index (χ2n) is 4.31. The summed E-state index contributed by atoms with van der Waals surface area (Å²) in [5.74, 6) is -1.34. The van der Waals surface area contributed by atoms with E-state index in [0.717, 1.165) is 35.4 Å². The zero-order valence-electron chi connectivity index (χ0n) is 11.3. The van der Waals surface area contributed by atoms with E-state index in [-0.39, 0.29) is 5.69 Å². The maximum atomic E-state index is 12.8. The molecule has 0 aliphatic carbocycles. The van der Waals surface area contributed by atoms with Crippen molar-refractivity contribution in [1.29, 1.82) is 5.26 Å². The third-order valence-electron chi connectivity index (χ3n) is 2.66. The lowest BCUT2D eigenvalue weighted by Crippen LogP contribution is -2.12. The molecule has 1 heterocycles. The van der Waals surface area contributed by atoms with Crippen LogP contribution in [0.15, 0.2) is 36.7 Å². The molecular weight excluding hydrogens is 316 g/mol. The molecule has 1 N–H and O–H groups in total. The van der Waals surface area contributed by atoms with E-state index in [2.05, 4.69) is 10.4 Å². The minimum absolute atomic E-state index is 0.127. The Kier molecular flexibility index (Phi) is 4.45. The van der Waals surface area contributed by atoms with Crippen molar-refractivity contribution in [2.24, 2.45) is 0 Å². The number of halogens is 4. The van der Waals surface area contributed by atoms with Crippen LogP contribution in [0.3, 0.4) is 0 Å². The lowest BCUT2D eigenvalue weighted by molar-refractivity contribution is -0.137. The molecule has 0 saturated carbocycles. The van der Waals surface area contributed by atoms with Gasteiger partial charge in [-0.25, -0.2) is 9.07 Å². The van der Waals surface area contributed by atoms with Crippen molar-refractivity contribution in [3.63, 3.8) is 0 Å². The van der Waals surface area contributed by atoms with E-state index in [9.17, 15) is 22.4 Å². The number of aromatic nitrogens is 2. The first kappa shape index (κ1) is 16.2. The van der Waals surface area contributed by atoms with Gasteiger partial charge in [-0.2, -0.15) is 23.5 Å². The molecule has 23 heavy (non-hydrogen) atoms. The van der Waals surface area contributed by atoms with Gasteiger partial charge in [-0.15, -0.1) is 0 Å². The average molecular weight is 324 g/mol. The number of carbonyl (C=O) groups is 1. The molecule has 2 aromatic rings. The van der Waals surface area contributed by atoms with Crippen LogP contribution >= 0.6 is 0 Å². The number of nitrogens with one attached hydrogen (secondary N) is 1. The van der Waals surface area contributed by atoms with Gasteiger partial charge in [-0.1, -0.05) is 0 Å². The normalized spacial score (nSPS) is 11.4. The van der Waals surface area contributed by atoms with Crippen LogP contribution in [0, 0.1) is 17.1 Å². The minimum Gasteiger partial charge on any atom is -0.322 e. The van der Waals surface area contributed by atoms with Gasteiger partial charge >= 0.3 is 6.18 Å². The van der Waals surface area contributed by atoms with Gasteiger partial charge in [0.1, 0.15) is 0 Å². The Hall–Kier alpha value is -3.15. The fourth-order valence-electron chi connectivity index (χ4n) is 1.68. The fraction of sp³-hybridized carbons (Fsp3) is 0.0714. The molecular formula is C14H8F4N4O. The van der Waals surface area contributed by atoms with Crippen LogP contribution in [0.1, 0.15) is 11.1 Å². The second-order valence-corrected chi connectivity index (χ2v) is 4.31. The van der Waals surface area contributed by atoms with Crippen molar-refractivity contribution in [2.75, 3.05) is 5.32 Å². The number of nitriles is 1. The quantitative estimate of drug-likeness (QED) is 0.697. The number of anilines is 1. The summed E-state index contributed by atoms with van der Waals surface area (Å²) in [6.07, 6.45) is -0.676. The minimum atomic E-state index is -4.71. The highest BCUT2D eigenvalue weighted by atomic mass is 19.4. The molecule has 118 valence electrons. The highest BCUT2D eigenvalue weighted by Crippen LogP contribution is 2.33. The standard InChI is InChI=1S/C14H8F4N4O/c15-10-7-20-22(8-10)4-3-13(23)21-11-2-1-9(6-19)12(5-11)14(16,17)18/h1-5,7-8H,(H,21,23). The van der Waals surface area contributed by atoms with Crippen LogP contribution in [0.25, 0.3) is 6.20 Å². The van der Waals surface area contributed by atoms with Crippen molar-refractivity contribution in [1.82, 2.24) is 9.78 Å². The molecule has 0 spiro atoms. The zero-order valence-corrected chi connectivity index (χ0v) is 11.3.